The zero-order chi connectivity index (χ0) is 21.9. The van der Waals surface area contributed by atoms with E-state index < -0.39 is 0 Å². The molecule has 0 radical (unpaired) electrons. The summed E-state index contributed by atoms with van der Waals surface area (Å²) in [6, 6.07) is 19.3. The maximum atomic E-state index is 12.8. The Morgan fingerprint density at radius 2 is 1.84 bits per heavy atom. The first-order valence-electron chi connectivity index (χ1n) is 10.5. The number of fused-ring (bicyclic) bond motifs is 1. The van der Waals surface area contributed by atoms with Gasteiger partial charge >= 0.3 is 0 Å². The Labute approximate surface area is 185 Å². The van der Waals surface area contributed by atoms with E-state index in [4.69, 9.17) is 9.26 Å². The van der Waals surface area contributed by atoms with Crippen LogP contribution in [0.3, 0.4) is 0 Å². The van der Waals surface area contributed by atoms with E-state index >= 15 is 0 Å². The van der Waals surface area contributed by atoms with Crippen molar-refractivity contribution in [3.05, 3.63) is 83.3 Å². The second-order valence-corrected chi connectivity index (χ2v) is 7.74. The predicted molar refractivity (Wildman–Crippen MR) is 117 cm³/mol. The Bertz CT molecular complexity index is 1220. The maximum Gasteiger partial charge on any atom is 0.278 e. The van der Waals surface area contributed by atoms with Gasteiger partial charge in [0.15, 0.2) is 18.1 Å². The van der Waals surface area contributed by atoms with Crippen LogP contribution in [0.4, 0.5) is 0 Å². The van der Waals surface area contributed by atoms with Gasteiger partial charge in [0.1, 0.15) is 5.75 Å². The summed E-state index contributed by atoms with van der Waals surface area (Å²) < 4.78 is 13.0. The van der Waals surface area contributed by atoms with Gasteiger partial charge in [-0.05, 0) is 17.7 Å². The second kappa shape index (κ2) is 8.66. The van der Waals surface area contributed by atoms with Crippen molar-refractivity contribution in [2.45, 2.75) is 19.4 Å². The molecule has 4 aromatic rings. The molecule has 32 heavy (non-hydrogen) atoms. The molecule has 8 nitrogen and oxygen atoms in total. The highest BCUT2D eigenvalue weighted by Gasteiger charge is 2.29. The van der Waals surface area contributed by atoms with Crippen molar-refractivity contribution in [3.8, 4) is 17.3 Å². The highest BCUT2D eigenvalue weighted by Crippen LogP contribution is 2.29. The minimum atomic E-state index is -0.0652. The first kappa shape index (κ1) is 20.0. The first-order valence-corrected chi connectivity index (χ1v) is 10.5. The molecule has 1 aliphatic rings. The van der Waals surface area contributed by atoms with Crippen LogP contribution in [-0.2, 0) is 31.2 Å². The molecule has 0 fully saturated rings. The smallest absolute Gasteiger partial charge is 0.278 e. The Morgan fingerprint density at radius 3 is 2.62 bits per heavy atom. The number of rotatable bonds is 6. The average molecular weight is 429 g/mol. The van der Waals surface area contributed by atoms with Crippen molar-refractivity contribution in [3.63, 3.8) is 0 Å². The quantitative estimate of drug-likeness (QED) is 0.468. The van der Waals surface area contributed by atoms with E-state index in [9.17, 15) is 4.79 Å². The Morgan fingerprint density at radius 1 is 1.09 bits per heavy atom. The van der Waals surface area contributed by atoms with Crippen LogP contribution in [0, 0.1) is 0 Å². The summed E-state index contributed by atoms with van der Waals surface area (Å²) in [5.74, 6) is 1.59. The monoisotopic (exact) mass is 429 g/mol. The number of carbonyl (C=O) groups is 1. The van der Waals surface area contributed by atoms with Gasteiger partial charge in [-0.25, -0.2) is 0 Å². The molecule has 0 atom stereocenters. The number of hydrogen-bond donors (Lipinski definition) is 0. The van der Waals surface area contributed by atoms with Gasteiger partial charge in [-0.1, -0.05) is 53.7 Å². The maximum absolute atomic E-state index is 12.8. The molecule has 0 bridgehead atoms. The van der Waals surface area contributed by atoms with E-state index in [2.05, 4.69) is 15.2 Å². The normalized spacial score (nSPS) is 13.1. The molecule has 0 spiro atoms. The molecule has 5 rings (SSSR count). The zero-order valence-electron chi connectivity index (χ0n) is 17.8. The molecule has 3 heterocycles. The fraction of sp³-hybridized carbons (Fsp3) is 0.250. The molecule has 0 aliphatic carbocycles. The molecule has 1 aliphatic heterocycles. The molecular weight excluding hydrogens is 406 g/mol. The molecule has 0 saturated heterocycles. The van der Waals surface area contributed by atoms with E-state index in [0.717, 1.165) is 16.8 Å². The summed E-state index contributed by atoms with van der Waals surface area (Å²) in [5, 5.41) is 8.75. The van der Waals surface area contributed by atoms with Gasteiger partial charge < -0.3 is 14.2 Å². The van der Waals surface area contributed by atoms with Crippen molar-refractivity contribution >= 4 is 5.91 Å². The van der Waals surface area contributed by atoms with E-state index in [1.54, 1.807) is 4.90 Å². The Balaban J connectivity index is 1.32. The third-order valence-corrected chi connectivity index (χ3v) is 5.58. The van der Waals surface area contributed by atoms with Gasteiger partial charge in [-0.2, -0.15) is 10.1 Å². The fourth-order valence-electron chi connectivity index (χ4n) is 3.93. The molecule has 0 unspecified atom stereocenters. The van der Waals surface area contributed by atoms with Crippen molar-refractivity contribution in [1.82, 2.24) is 24.8 Å². The number of aryl methyl sites for hydroxylation is 1. The van der Waals surface area contributed by atoms with Crippen LogP contribution in [-0.4, -0.2) is 43.9 Å². The van der Waals surface area contributed by atoms with Gasteiger partial charge in [0, 0.05) is 44.2 Å². The SMILES string of the molecule is Cn1nc(-c2nc(Cc3ccccc3)no2)c2c1CCN(C(=O)COc1ccccc1)C2. The number of amides is 1. The number of benzene rings is 2. The van der Waals surface area contributed by atoms with Crippen molar-refractivity contribution in [1.29, 1.82) is 0 Å². The van der Waals surface area contributed by atoms with Crippen molar-refractivity contribution in [2.75, 3.05) is 13.2 Å². The van der Waals surface area contributed by atoms with Gasteiger partial charge in [0.25, 0.3) is 11.8 Å². The van der Waals surface area contributed by atoms with Crippen LogP contribution in [0.1, 0.15) is 22.6 Å². The van der Waals surface area contributed by atoms with E-state index in [-0.39, 0.29) is 12.5 Å². The lowest BCUT2D eigenvalue weighted by molar-refractivity contribution is -0.134. The number of carbonyl (C=O) groups excluding carboxylic acids is 1. The van der Waals surface area contributed by atoms with Crippen LogP contribution in [0.25, 0.3) is 11.6 Å². The summed E-state index contributed by atoms with van der Waals surface area (Å²) in [5.41, 5.74) is 3.77. The molecule has 1 amide bonds. The topological polar surface area (TPSA) is 86.3 Å². The average Bonchev–Trinajstić information content (AvgIpc) is 3.42. The standard InChI is InChI=1S/C24H23N5O3/c1-28-20-12-13-29(22(30)16-31-18-10-6-3-7-11-18)15-19(20)23(26-28)24-25-21(27-32-24)14-17-8-4-2-5-9-17/h2-11H,12-16H2,1H3. The molecule has 0 N–H and O–H groups in total. The summed E-state index contributed by atoms with van der Waals surface area (Å²) in [7, 11) is 1.90. The third-order valence-electron chi connectivity index (χ3n) is 5.58. The molecular formula is C24H23N5O3. The minimum absolute atomic E-state index is 0.00325. The highest BCUT2D eigenvalue weighted by molar-refractivity contribution is 5.78. The van der Waals surface area contributed by atoms with Gasteiger partial charge in [0.2, 0.25) is 0 Å². The number of aromatic nitrogens is 4. The van der Waals surface area contributed by atoms with E-state index in [0.29, 0.717) is 49.1 Å². The number of para-hydroxylation sites is 1. The summed E-state index contributed by atoms with van der Waals surface area (Å²) in [4.78, 5) is 19.1. The summed E-state index contributed by atoms with van der Waals surface area (Å²) in [6.45, 7) is 1.05. The van der Waals surface area contributed by atoms with Crippen LogP contribution in [0.2, 0.25) is 0 Å². The summed E-state index contributed by atoms with van der Waals surface area (Å²) >= 11 is 0. The lowest BCUT2D eigenvalue weighted by Gasteiger charge is -2.27. The Hall–Kier alpha value is -3.94. The van der Waals surface area contributed by atoms with E-state index in [1.165, 1.54) is 0 Å². The molecule has 0 saturated carbocycles. The van der Waals surface area contributed by atoms with Crippen LogP contribution in [0.5, 0.6) is 5.75 Å². The molecule has 162 valence electrons. The van der Waals surface area contributed by atoms with Gasteiger partial charge in [0.05, 0.1) is 0 Å². The largest absolute Gasteiger partial charge is 0.484 e. The zero-order valence-corrected chi connectivity index (χ0v) is 17.8. The first-order chi connectivity index (χ1) is 15.7. The lowest BCUT2D eigenvalue weighted by Crippen LogP contribution is -2.39. The molecule has 2 aromatic heterocycles. The molecule has 2 aromatic carbocycles. The highest BCUT2D eigenvalue weighted by atomic mass is 16.5. The van der Waals surface area contributed by atoms with Crippen molar-refractivity contribution in [2.24, 2.45) is 7.05 Å². The number of ether oxygens (including phenoxy) is 1. The minimum Gasteiger partial charge on any atom is -0.484 e. The Kier molecular flexibility index (Phi) is 5.41. The number of nitrogens with zero attached hydrogens (tertiary/aromatic N) is 5. The van der Waals surface area contributed by atoms with E-state index in [1.807, 2.05) is 72.4 Å². The third kappa shape index (κ3) is 4.12. The van der Waals surface area contributed by atoms with Crippen LogP contribution >= 0.6 is 0 Å². The fourth-order valence-corrected chi connectivity index (χ4v) is 3.93. The van der Waals surface area contributed by atoms with Crippen LogP contribution < -0.4 is 4.74 Å². The van der Waals surface area contributed by atoms with Gasteiger partial charge in [-0.3, -0.25) is 9.48 Å². The second-order valence-electron chi connectivity index (χ2n) is 7.74. The molecule has 8 heteroatoms. The van der Waals surface area contributed by atoms with Crippen LogP contribution in [0.15, 0.2) is 65.2 Å². The van der Waals surface area contributed by atoms with Crippen molar-refractivity contribution < 1.29 is 14.1 Å². The van der Waals surface area contributed by atoms with Gasteiger partial charge in [-0.15, -0.1) is 0 Å². The predicted octanol–water partition coefficient (Wildman–Crippen LogP) is 3.02. The number of hydrogen-bond acceptors (Lipinski definition) is 6. The lowest BCUT2D eigenvalue weighted by atomic mass is 10.0. The summed E-state index contributed by atoms with van der Waals surface area (Å²) in [6.07, 6.45) is 1.29.